The van der Waals surface area contributed by atoms with Gasteiger partial charge >= 0.3 is 0 Å². The molecule has 1 atom stereocenters. The summed E-state index contributed by atoms with van der Waals surface area (Å²) in [6, 6.07) is 6.84. The van der Waals surface area contributed by atoms with Crippen LogP contribution >= 0.6 is 0 Å². The Morgan fingerprint density at radius 2 is 1.82 bits per heavy atom. The van der Waals surface area contributed by atoms with Crippen molar-refractivity contribution in [1.82, 2.24) is 0 Å². The second-order valence-electron chi connectivity index (χ2n) is 4.79. The van der Waals surface area contributed by atoms with Crippen molar-refractivity contribution in [2.75, 3.05) is 0 Å². The highest BCUT2D eigenvalue weighted by molar-refractivity contribution is 5.37. The maximum Gasteiger partial charge on any atom is 0.0297 e. The smallest absolute Gasteiger partial charge is 0.0297 e. The zero-order valence-electron chi connectivity index (χ0n) is 11.6. The van der Waals surface area contributed by atoms with E-state index in [1.807, 2.05) is 0 Å². The van der Waals surface area contributed by atoms with Crippen molar-refractivity contribution in [3.8, 4) is 0 Å². The molecule has 0 heterocycles. The van der Waals surface area contributed by atoms with Gasteiger partial charge in [-0.05, 0) is 36.0 Å². The molecule has 2 N–H and O–H groups in total. The number of hydrogen-bond donors (Lipinski definition) is 1. The fraction of sp³-hybridized carbons (Fsp3) is 0.625. The Kier molecular flexibility index (Phi) is 6.28. The maximum atomic E-state index is 6.34. The lowest BCUT2D eigenvalue weighted by molar-refractivity contribution is 0.577. The number of unbranched alkanes of at least 4 members (excludes halogenated alkanes) is 2. The molecule has 0 saturated heterocycles. The molecule has 0 amide bonds. The van der Waals surface area contributed by atoms with E-state index in [9.17, 15) is 0 Å². The van der Waals surface area contributed by atoms with Gasteiger partial charge in [0.15, 0.2) is 0 Å². The Morgan fingerprint density at radius 1 is 1.06 bits per heavy atom. The predicted octanol–water partition coefficient (Wildman–Crippen LogP) is 4.39. The molecule has 17 heavy (non-hydrogen) atoms. The lowest BCUT2D eigenvalue weighted by atomic mass is 9.91. The Morgan fingerprint density at radius 3 is 2.41 bits per heavy atom. The maximum absolute atomic E-state index is 6.34. The zero-order valence-corrected chi connectivity index (χ0v) is 11.6. The Labute approximate surface area is 106 Å². The van der Waals surface area contributed by atoms with Gasteiger partial charge in [0.05, 0.1) is 0 Å². The molecular weight excluding hydrogens is 206 g/mol. The van der Waals surface area contributed by atoms with Crippen molar-refractivity contribution >= 4 is 0 Å². The summed E-state index contributed by atoms with van der Waals surface area (Å²) in [6.07, 6.45) is 7.13. The molecule has 1 unspecified atom stereocenters. The quantitative estimate of drug-likeness (QED) is 0.694. The summed E-state index contributed by atoms with van der Waals surface area (Å²) in [4.78, 5) is 0. The average molecular weight is 233 g/mol. The molecule has 0 spiro atoms. The molecule has 0 aromatic heterocycles. The molecule has 1 aromatic carbocycles. The molecule has 0 bridgehead atoms. The standard InChI is InChI=1S/C16H27N/c1-4-7-8-12-16(17)15-11-9-10-13(5-2)14(15)6-3/h9-11,16H,4-8,12,17H2,1-3H3. The number of aryl methyl sites for hydroxylation is 1. The van der Waals surface area contributed by atoms with Gasteiger partial charge in [-0.25, -0.2) is 0 Å². The van der Waals surface area contributed by atoms with E-state index >= 15 is 0 Å². The van der Waals surface area contributed by atoms with E-state index in [4.69, 9.17) is 5.73 Å². The Bertz CT molecular complexity index is 330. The Balaban J connectivity index is 2.81. The van der Waals surface area contributed by atoms with Crippen LogP contribution in [-0.2, 0) is 12.8 Å². The first kappa shape index (κ1) is 14.2. The molecule has 0 aliphatic carbocycles. The molecule has 0 fully saturated rings. The van der Waals surface area contributed by atoms with Crippen molar-refractivity contribution in [3.63, 3.8) is 0 Å². The van der Waals surface area contributed by atoms with Crippen LogP contribution in [-0.4, -0.2) is 0 Å². The highest BCUT2D eigenvalue weighted by Gasteiger charge is 2.11. The second-order valence-corrected chi connectivity index (χ2v) is 4.79. The SMILES string of the molecule is CCCCCC(N)c1cccc(CC)c1CC. The first-order chi connectivity index (χ1) is 8.24. The minimum atomic E-state index is 0.225. The summed E-state index contributed by atoms with van der Waals surface area (Å²) >= 11 is 0. The van der Waals surface area contributed by atoms with Crippen LogP contribution in [0, 0.1) is 0 Å². The highest BCUT2D eigenvalue weighted by atomic mass is 14.6. The molecule has 96 valence electrons. The highest BCUT2D eigenvalue weighted by Crippen LogP contribution is 2.24. The van der Waals surface area contributed by atoms with Crippen molar-refractivity contribution in [1.29, 1.82) is 0 Å². The predicted molar refractivity (Wildman–Crippen MR) is 76.3 cm³/mol. The third kappa shape index (κ3) is 3.85. The summed E-state index contributed by atoms with van der Waals surface area (Å²) in [5, 5.41) is 0. The third-order valence-electron chi connectivity index (χ3n) is 3.56. The summed E-state index contributed by atoms with van der Waals surface area (Å²) in [5.74, 6) is 0. The van der Waals surface area contributed by atoms with E-state index < -0.39 is 0 Å². The first-order valence-corrected chi connectivity index (χ1v) is 7.10. The first-order valence-electron chi connectivity index (χ1n) is 7.10. The van der Waals surface area contributed by atoms with Crippen molar-refractivity contribution < 1.29 is 0 Å². The summed E-state index contributed by atoms with van der Waals surface area (Å²) in [7, 11) is 0. The molecule has 1 heteroatoms. The van der Waals surface area contributed by atoms with E-state index in [2.05, 4.69) is 39.0 Å². The van der Waals surface area contributed by atoms with Gasteiger partial charge in [-0.3, -0.25) is 0 Å². The van der Waals surface area contributed by atoms with Gasteiger partial charge in [-0.1, -0.05) is 58.2 Å². The van der Waals surface area contributed by atoms with Crippen molar-refractivity contribution in [2.45, 2.75) is 65.3 Å². The van der Waals surface area contributed by atoms with Crippen LogP contribution in [0.3, 0.4) is 0 Å². The van der Waals surface area contributed by atoms with Crippen molar-refractivity contribution in [3.05, 3.63) is 34.9 Å². The number of benzene rings is 1. The van der Waals surface area contributed by atoms with Crippen LogP contribution in [0.2, 0.25) is 0 Å². The van der Waals surface area contributed by atoms with E-state index in [0.29, 0.717) is 0 Å². The van der Waals surface area contributed by atoms with Gasteiger partial charge in [0.1, 0.15) is 0 Å². The van der Waals surface area contributed by atoms with Gasteiger partial charge in [-0.15, -0.1) is 0 Å². The molecule has 0 saturated carbocycles. The summed E-state index contributed by atoms with van der Waals surface area (Å²) < 4.78 is 0. The summed E-state index contributed by atoms with van der Waals surface area (Å²) in [5.41, 5.74) is 10.7. The number of hydrogen-bond acceptors (Lipinski definition) is 1. The Hall–Kier alpha value is -0.820. The largest absolute Gasteiger partial charge is 0.324 e. The lowest BCUT2D eigenvalue weighted by Gasteiger charge is -2.18. The minimum absolute atomic E-state index is 0.225. The van der Waals surface area contributed by atoms with Crippen LogP contribution in [0.25, 0.3) is 0 Å². The molecule has 1 aromatic rings. The zero-order chi connectivity index (χ0) is 12.7. The van der Waals surface area contributed by atoms with Gasteiger partial charge in [0.25, 0.3) is 0 Å². The topological polar surface area (TPSA) is 26.0 Å². The second kappa shape index (κ2) is 7.50. The van der Waals surface area contributed by atoms with Gasteiger partial charge < -0.3 is 5.73 Å². The molecular formula is C16H27N. The van der Waals surface area contributed by atoms with Crippen LogP contribution in [0.1, 0.15) is 69.2 Å². The third-order valence-corrected chi connectivity index (χ3v) is 3.56. The number of rotatable bonds is 7. The molecule has 0 aliphatic heterocycles. The fourth-order valence-corrected chi connectivity index (χ4v) is 2.53. The minimum Gasteiger partial charge on any atom is -0.324 e. The van der Waals surface area contributed by atoms with E-state index in [1.54, 1.807) is 0 Å². The molecule has 0 radical (unpaired) electrons. The van der Waals surface area contributed by atoms with Crippen LogP contribution in [0.4, 0.5) is 0 Å². The van der Waals surface area contributed by atoms with Crippen LogP contribution in [0.15, 0.2) is 18.2 Å². The lowest BCUT2D eigenvalue weighted by Crippen LogP contribution is -2.13. The van der Waals surface area contributed by atoms with Crippen LogP contribution < -0.4 is 5.73 Å². The summed E-state index contributed by atoms with van der Waals surface area (Å²) in [6.45, 7) is 6.69. The normalized spacial score (nSPS) is 12.7. The number of nitrogens with two attached hydrogens (primary N) is 1. The molecule has 1 rings (SSSR count). The molecule has 1 nitrogen and oxygen atoms in total. The van der Waals surface area contributed by atoms with Gasteiger partial charge in [0, 0.05) is 6.04 Å². The van der Waals surface area contributed by atoms with Gasteiger partial charge in [-0.2, -0.15) is 0 Å². The van der Waals surface area contributed by atoms with E-state index in [0.717, 1.165) is 19.3 Å². The fourth-order valence-electron chi connectivity index (χ4n) is 2.53. The van der Waals surface area contributed by atoms with E-state index in [-0.39, 0.29) is 6.04 Å². The average Bonchev–Trinajstić information content (AvgIpc) is 2.37. The van der Waals surface area contributed by atoms with E-state index in [1.165, 1.54) is 36.0 Å². The molecule has 0 aliphatic rings. The van der Waals surface area contributed by atoms with Crippen molar-refractivity contribution in [2.24, 2.45) is 5.73 Å². The van der Waals surface area contributed by atoms with Crippen LogP contribution in [0.5, 0.6) is 0 Å². The van der Waals surface area contributed by atoms with Gasteiger partial charge in [0.2, 0.25) is 0 Å². The monoisotopic (exact) mass is 233 g/mol.